The van der Waals surface area contributed by atoms with Crippen molar-refractivity contribution < 1.29 is 28.2 Å². The van der Waals surface area contributed by atoms with Gasteiger partial charge in [0.1, 0.15) is 29.2 Å². The minimum atomic E-state index is -4.11. The van der Waals surface area contributed by atoms with Gasteiger partial charge in [-0.2, -0.15) is 13.2 Å². The Labute approximate surface area is 209 Å². The average Bonchev–Trinajstić information content (AvgIpc) is 3.22. The summed E-state index contributed by atoms with van der Waals surface area (Å²) in [5.41, 5.74) is -0.725. The molecular weight excluding hydrogens is 475 g/mol. The maximum Gasteiger partial charge on any atom is 0.391 e. The van der Waals surface area contributed by atoms with Crippen molar-refractivity contribution in [3.63, 3.8) is 0 Å². The van der Waals surface area contributed by atoms with E-state index in [4.69, 9.17) is 0 Å². The molecule has 36 heavy (non-hydrogen) atoms. The van der Waals surface area contributed by atoms with Gasteiger partial charge in [0.15, 0.2) is 0 Å². The second-order valence-corrected chi connectivity index (χ2v) is 10.5. The number of likely N-dealkylation sites (tertiary alicyclic amines) is 1. The molecule has 0 radical (unpaired) electrons. The fourth-order valence-corrected chi connectivity index (χ4v) is 5.68. The van der Waals surface area contributed by atoms with Gasteiger partial charge in [-0.25, -0.2) is 9.97 Å². The van der Waals surface area contributed by atoms with E-state index in [1.165, 1.54) is 13.3 Å². The minimum Gasteiger partial charge on any atom is -0.389 e. The van der Waals surface area contributed by atoms with Crippen LogP contribution in [0.4, 0.5) is 19.0 Å². The summed E-state index contributed by atoms with van der Waals surface area (Å²) in [6, 6.07) is 1.88. The van der Waals surface area contributed by atoms with Crippen LogP contribution in [0.15, 0.2) is 18.6 Å². The van der Waals surface area contributed by atoms with Crippen molar-refractivity contribution in [1.82, 2.24) is 19.4 Å². The SMILES string of the molecule is CCN(CC1CCC(C(F)(F)F)CC1)c1ncnc2c1ccn2C[C@]1(O)CCN(CC(C)=O)C[C@H]1O. The highest BCUT2D eigenvalue weighted by Gasteiger charge is 2.42. The topological polar surface area (TPSA) is 94.7 Å². The van der Waals surface area contributed by atoms with Crippen LogP contribution in [0.25, 0.3) is 11.0 Å². The number of rotatable bonds is 8. The highest BCUT2D eigenvalue weighted by molar-refractivity contribution is 5.87. The molecular formula is C25H36F3N5O3. The summed E-state index contributed by atoms with van der Waals surface area (Å²) in [5.74, 6) is -0.282. The van der Waals surface area contributed by atoms with Crippen molar-refractivity contribution in [1.29, 1.82) is 0 Å². The van der Waals surface area contributed by atoms with Gasteiger partial charge in [-0.3, -0.25) is 9.69 Å². The van der Waals surface area contributed by atoms with Crippen molar-refractivity contribution in [2.75, 3.05) is 37.6 Å². The van der Waals surface area contributed by atoms with Gasteiger partial charge >= 0.3 is 6.18 Å². The number of β-amino-alcohol motifs (C(OH)–C–C–N with tert-alkyl or cyclic N) is 1. The summed E-state index contributed by atoms with van der Waals surface area (Å²) in [7, 11) is 0. The number of hydrogen-bond acceptors (Lipinski definition) is 7. The molecule has 2 fully saturated rings. The Kier molecular flexibility index (Phi) is 7.92. The lowest BCUT2D eigenvalue weighted by molar-refractivity contribution is -0.183. The number of alkyl halides is 3. The molecule has 1 saturated heterocycles. The Bertz CT molecular complexity index is 1050. The van der Waals surface area contributed by atoms with Crippen molar-refractivity contribution in [3.8, 4) is 0 Å². The number of aliphatic hydroxyl groups excluding tert-OH is 1. The molecule has 8 nitrogen and oxygen atoms in total. The van der Waals surface area contributed by atoms with Crippen LogP contribution in [-0.4, -0.2) is 86.0 Å². The van der Waals surface area contributed by atoms with Gasteiger partial charge in [-0.05, 0) is 57.9 Å². The first kappa shape index (κ1) is 26.8. The number of hydrogen-bond donors (Lipinski definition) is 2. The predicted molar refractivity (Wildman–Crippen MR) is 130 cm³/mol. The molecule has 3 heterocycles. The summed E-state index contributed by atoms with van der Waals surface area (Å²) >= 11 is 0. The molecule has 2 N–H and O–H groups in total. The van der Waals surface area contributed by atoms with Crippen LogP contribution < -0.4 is 4.90 Å². The largest absolute Gasteiger partial charge is 0.391 e. The molecule has 0 unspecified atom stereocenters. The zero-order chi connectivity index (χ0) is 26.1. The highest BCUT2D eigenvalue weighted by atomic mass is 19.4. The second kappa shape index (κ2) is 10.6. The molecule has 1 aliphatic carbocycles. The monoisotopic (exact) mass is 511 g/mol. The molecule has 0 amide bonds. The molecule has 0 aromatic carbocycles. The first-order valence-electron chi connectivity index (χ1n) is 12.7. The standard InChI is InChI=1S/C25H36F3N5O3/c1-3-32(13-18-4-6-19(7-5-18)25(26,27)28)22-20-8-10-33(23(20)30-16-29-22)15-24(36)9-11-31(12-17(2)34)14-21(24)35/h8,10,16,18-19,21,35-36H,3-7,9,11-15H2,1-2H3/t18?,19?,21-,24-/m1/s1. The summed E-state index contributed by atoms with van der Waals surface area (Å²) in [4.78, 5) is 24.3. The van der Waals surface area contributed by atoms with Crippen LogP contribution in [0.5, 0.6) is 0 Å². The number of fused-ring (bicyclic) bond motifs is 1. The molecule has 2 atom stereocenters. The number of carbonyl (C=O) groups is 1. The Hall–Kier alpha value is -2.24. The van der Waals surface area contributed by atoms with E-state index in [1.807, 2.05) is 28.7 Å². The van der Waals surface area contributed by atoms with E-state index < -0.39 is 23.8 Å². The normalized spacial score (nSPS) is 27.9. The number of anilines is 1. The quantitative estimate of drug-likeness (QED) is 0.563. The van der Waals surface area contributed by atoms with Crippen molar-refractivity contribution >= 4 is 22.6 Å². The summed E-state index contributed by atoms with van der Waals surface area (Å²) in [6.45, 7) is 5.92. The molecule has 4 rings (SSSR count). The smallest absolute Gasteiger partial charge is 0.389 e. The van der Waals surface area contributed by atoms with Crippen LogP contribution >= 0.6 is 0 Å². The molecule has 1 saturated carbocycles. The third-order valence-electron chi connectivity index (χ3n) is 7.81. The fourth-order valence-electron chi connectivity index (χ4n) is 5.68. The zero-order valence-electron chi connectivity index (χ0n) is 20.9. The van der Waals surface area contributed by atoms with Gasteiger partial charge in [0.05, 0.1) is 30.5 Å². The number of nitrogens with zero attached hydrogens (tertiary/aromatic N) is 5. The molecule has 200 valence electrons. The van der Waals surface area contributed by atoms with Gasteiger partial charge in [0.25, 0.3) is 0 Å². The molecule has 0 bridgehead atoms. The summed E-state index contributed by atoms with van der Waals surface area (Å²) in [5, 5.41) is 22.7. The van der Waals surface area contributed by atoms with Gasteiger partial charge < -0.3 is 19.7 Å². The Morgan fingerprint density at radius 1 is 1.25 bits per heavy atom. The number of aromatic nitrogens is 3. The number of carbonyl (C=O) groups excluding carboxylic acids is 1. The van der Waals surface area contributed by atoms with E-state index >= 15 is 0 Å². The van der Waals surface area contributed by atoms with Gasteiger partial charge in [-0.1, -0.05) is 0 Å². The number of aliphatic hydroxyl groups is 2. The molecule has 0 spiro atoms. The maximum atomic E-state index is 13.0. The van der Waals surface area contributed by atoms with E-state index in [-0.39, 0.29) is 44.2 Å². The van der Waals surface area contributed by atoms with Gasteiger partial charge in [0, 0.05) is 32.4 Å². The molecule has 2 aromatic heterocycles. The second-order valence-electron chi connectivity index (χ2n) is 10.5. The van der Waals surface area contributed by atoms with Crippen LogP contribution in [0, 0.1) is 11.8 Å². The van der Waals surface area contributed by atoms with Crippen molar-refractivity contribution in [2.24, 2.45) is 11.8 Å². The number of halogens is 3. The summed E-state index contributed by atoms with van der Waals surface area (Å²) < 4.78 is 41.0. The highest BCUT2D eigenvalue weighted by Crippen LogP contribution is 2.40. The maximum absolute atomic E-state index is 13.0. The number of ketones is 1. The zero-order valence-corrected chi connectivity index (χ0v) is 20.9. The lowest BCUT2D eigenvalue weighted by atomic mass is 9.81. The lowest BCUT2D eigenvalue weighted by Gasteiger charge is -2.42. The van der Waals surface area contributed by atoms with Crippen LogP contribution in [0.1, 0.15) is 46.0 Å². The summed E-state index contributed by atoms with van der Waals surface area (Å²) in [6.07, 6.45) is -0.0884. The van der Waals surface area contributed by atoms with E-state index in [1.54, 1.807) is 0 Å². The molecule has 1 aliphatic heterocycles. The third kappa shape index (κ3) is 5.84. The Morgan fingerprint density at radius 2 is 1.97 bits per heavy atom. The third-order valence-corrected chi connectivity index (χ3v) is 7.81. The van der Waals surface area contributed by atoms with E-state index in [2.05, 4.69) is 14.9 Å². The predicted octanol–water partition coefficient (Wildman–Crippen LogP) is 3.01. The Morgan fingerprint density at radius 3 is 2.58 bits per heavy atom. The lowest BCUT2D eigenvalue weighted by Crippen LogP contribution is -2.58. The van der Waals surface area contributed by atoms with Crippen LogP contribution in [-0.2, 0) is 11.3 Å². The average molecular weight is 512 g/mol. The molecule has 11 heteroatoms. The molecule has 2 aromatic rings. The minimum absolute atomic E-state index is 0.0159. The van der Waals surface area contributed by atoms with Crippen molar-refractivity contribution in [2.45, 2.75) is 70.4 Å². The van der Waals surface area contributed by atoms with Crippen molar-refractivity contribution in [3.05, 3.63) is 18.6 Å². The molecule has 2 aliphatic rings. The first-order chi connectivity index (χ1) is 17.0. The van der Waals surface area contributed by atoms with Crippen LogP contribution in [0.2, 0.25) is 0 Å². The van der Waals surface area contributed by atoms with E-state index in [0.717, 1.165) is 11.2 Å². The number of piperidine rings is 1. The first-order valence-corrected chi connectivity index (χ1v) is 12.7. The Balaban J connectivity index is 1.47. The van der Waals surface area contributed by atoms with Crippen LogP contribution in [0.3, 0.4) is 0 Å². The van der Waals surface area contributed by atoms with Gasteiger partial charge in [-0.15, -0.1) is 0 Å². The fraction of sp³-hybridized carbons (Fsp3) is 0.720. The van der Waals surface area contributed by atoms with Gasteiger partial charge in [0.2, 0.25) is 0 Å². The van der Waals surface area contributed by atoms with E-state index in [9.17, 15) is 28.2 Å². The van der Waals surface area contributed by atoms with E-state index in [0.29, 0.717) is 44.5 Å². The number of Topliss-reactive ketones (excluding diaryl/α,β-unsaturated/α-hetero) is 1.